The zero-order valence-corrected chi connectivity index (χ0v) is 20.2. The van der Waals surface area contributed by atoms with Gasteiger partial charge in [-0.2, -0.15) is 0 Å². The fourth-order valence-electron chi connectivity index (χ4n) is 6.67. The van der Waals surface area contributed by atoms with E-state index in [0.29, 0.717) is 36.4 Å². The van der Waals surface area contributed by atoms with Crippen LogP contribution in [0, 0.1) is 5.92 Å². The van der Waals surface area contributed by atoms with Crippen LogP contribution in [0.25, 0.3) is 0 Å². The minimum atomic E-state index is -0.557. The number of benzene rings is 2. The Morgan fingerprint density at radius 3 is 2.46 bits per heavy atom. The molecule has 1 saturated heterocycles. The highest BCUT2D eigenvalue weighted by Crippen LogP contribution is 2.45. The minimum absolute atomic E-state index is 0.00255. The molecule has 0 aliphatic carbocycles. The topological polar surface area (TPSA) is 82.9 Å². The molecule has 37 heavy (non-hydrogen) atoms. The number of anilines is 1. The highest BCUT2D eigenvalue weighted by atomic mass is 16.2. The molecule has 3 aromatic rings. The SMILES string of the molecule is O=C(CCN1C(=O)c2ccccc2N2C(=O)c3ccccc3C12)N1CC2CC(C1)c1cccc(=O)n1C2. The number of carbonyl (C=O) groups excluding carboxylic acids is 3. The molecule has 8 heteroatoms. The Morgan fingerprint density at radius 2 is 1.59 bits per heavy atom. The van der Waals surface area contributed by atoms with Crippen molar-refractivity contribution in [2.45, 2.75) is 31.5 Å². The van der Waals surface area contributed by atoms with Gasteiger partial charge in [0, 0.05) is 61.4 Å². The van der Waals surface area contributed by atoms with Crippen LogP contribution in [-0.2, 0) is 11.3 Å². The summed E-state index contributed by atoms with van der Waals surface area (Å²) in [5.74, 6) is 0.0853. The fraction of sp³-hybridized carbons (Fsp3) is 0.310. The summed E-state index contributed by atoms with van der Waals surface area (Å²) in [5, 5.41) is 0. The summed E-state index contributed by atoms with van der Waals surface area (Å²) in [5.41, 5.74) is 3.48. The predicted molar refractivity (Wildman–Crippen MR) is 136 cm³/mol. The van der Waals surface area contributed by atoms with E-state index in [1.165, 1.54) is 0 Å². The second kappa shape index (κ2) is 8.16. The van der Waals surface area contributed by atoms with Crippen LogP contribution in [0.5, 0.6) is 0 Å². The van der Waals surface area contributed by atoms with Crippen LogP contribution in [0.15, 0.2) is 71.5 Å². The van der Waals surface area contributed by atoms with Gasteiger partial charge in [-0.3, -0.25) is 24.1 Å². The molecule has 1 fully saturated rings. The van der Waals surface area contributed by atoms with Crippen molar-refractivity contribution in [1.82, 2.24) is 14.4 Å². The third-order valence-electron chi connectivity index (χ3n) is 8.28. The molecule has 4 aliphatic heterocycles. The number of amides is 3. The van der Waals surface area contributed by atoms with E-state index in [2.05, 4.69) is 0 Å². The number of hydrogen-bond acceptors (Lipinski definition) is 4. The van der Waals surface area contributed by atoms with Gasteiger partial charge in [0.2, 0.25) is 5.91 Å². The first-order chi connectivity index (χ1) is 18.0. The molecule has 0 N–H and O–H groups in total. The fourth-order valence-corrected chi connectivity index (χ4v) is 6.67. The molecular formula is C29H26N4O4. The number of para-hydroxylation sites is 1. The van der Waals surface area contributed by atoms with Crippen LogP contribution >= 0.6 is 0 Å². The Labute approximate surface area is 213 Å². The largest absolute Gasteiger partial charge is 0.342 e. The first kappa shape index (κ1) is 22.0. The van der Waals surface area contributed by atoms with Gasteiger partial charge < -0.3 is 14.4 Å². The van der Waals surface area contributed by atoms with Crippen molar-refractivity contribution in [3.8, 4) is 0 Å². The first-order valence-electron chi connectivity index (χ1n) is 12.8. The summed E-state index contributed by atoms with van der Waals surface area (Å²) in [7, 11) is 0. The molecule has 5 heterocycles. The molecule has 2 aromatic carbocycles. The van der Waals surface area contributed by atoms with Crippen molar-refractivity contribution in [2.24, 2.45) is 5.92 Å². The van der Waals surface area contributed by atoms with E-state index in [1.54, 1.807) is 40.1 Å². The van der Waals surface area contributed by atoms with Crippen molar-refractivity contribution in [3.63, 3.8) is 0 Å². The van der Waals surface area contributed by atoms with Gasteiger partial charge in [0.15, 0.2) is 0 Å². The maximum atomic E-state index is 13.6. The molecule has 1 aromatic heterocycles. The summed E-state index contributed by atoms with van der Waals surface area (Å²) in [4.78, 5) is 58.0. The van der Waals surface area contributed by atoms with E-state index in [1.807, 2.05) is 45.9 Å². The van der Waals surface area contributed by atoms with Gasteiger partial charge in [-0.25, -0.2) is 0 Å². The molecular weight excluding hydrogens is 468 g/mol. The molecule has 4 aliphatic rings. The van der Waals surface area contributed by atoms with Crippen LogP contribution in [-0.4, -0.2) is 51.7 Å². The molecule has 0 radical (unpaired) electrons. The lowest BCUT2D eigenvalue weighted by atomic mass is 9.83. The van der Waals surface area contributed by atoms with Crippen molar-refractivity contribution >= 4 is 23.4 Å². The Bertz CT molecular complexity index is 1530. The van der Waals surface area contributed by atoms with Crippen molar-refractivity contribution in [3.05, 3.63) is 99.5 Å². The van der Waals surface area contributed by atoms with Crippen LogP contribution < -0.4 is 10.5 Å². The Hall–Kier alpha value is -4.20. The molecule has 0 saturated carbocycles. The lowest BCUT2D eigenvalue weighted by molar-refractivity contribution is -0.134. The molecule has 3 atom stereocenters. The normalized spacial score (nSPS) is 23.4. The molecule has 3 amide bonds. The molecule has 7 rings (SSSR count). The number of hydrogen-bond donors (Lipinski definition) is 0. The Morgan fingerprint density at radius 1 is 0.811 bits per heavy atom. The Balaban J connectivity index is 1.15. The predicted octanol–water partition coefficient (Wildman–Crippen LogP) is 3.00. The third kappa shape index (κ3) is 3.28. The van der Waals surface area contributed by atoms with E-state index >= 15 is 0 Å². The maximum Gasteiger partial charge on any atom is 0.260 e. The molecule has 0 spiro atoms. The van der Waals surface area contributed by atoms with Gasteiger partial charge in [0.05, 0.1) is 11.3 Å². The zero-order chi connectivity index (χ0) is 25.3. The quantitative estimate of drug-likeness (QED) is 0.561. The van der Waals surface area contributed by atoms with Crippen LogP contribution in [0.3, 0.4) is 0 Å². The summed E-state index contributed by atoms with van der Waals surface area (Å²) in [6, 6.07) is 19.9. The van der Waals surface area contributed by atoms with Gasteiger partial charge in [-0.1, -0.05) is 36.4 Å². The van der Waals surface area contributed by atoms with Crippen LogP contribution in [0.4, 0.5) is 5.69 Å². The average Bonchev–Trinajstić information content (AvgIpc) is 3.21. The van der Waals surface area contributed by atoms with E-state index in [4.69, 9.17) is 0 Å². The monoisotopic (exact) mass is 494 g/mol. The minimum Gasteiger partial charge on any atom is -0.342 e. The van der Waals surface area contributed by atoms with Crippen molar-refractivity contribution in [2.75, 3.05) is 24.5 Å². The van der Waals surface area contributed by atoms with E-state index in [0.717, 1.165) is 17.7 Å². The van der Waals surface area contributed by atoms with E-state index < -0.39 is 6.17 Å². The van der Waals surface area contributed by atoms with Gasteiger partial charge in [0.1, 0.15) is 6.17 Å². The first-order valence-corrected chi connectivity index (χ1v) is 12.8. The molecule has 186 valence electrons. The summed E-state index contributed by atoms with van der Waals surface area (Å²) < 4.78 is 1.85. The van der Waals surface area contributed by atoms with Gasteiger partial charge >= 0.3 is 0 Å². The third-order valence-corrected chi connectivity index (χ3v) is 8.28. The number of aromatic nitrogens is 1. The highest BCUT2D eigenvalue weighted by molar-refractivity contribution is 6.16. The second-order valence-corrected chi connectivity index (χ2v) is 10.4. The number of nitrogens with zero attached hydrogens (tertiary/aromatic N) is 4. The van der Waals surface area contributed by atoms with Crippen LogP contribution in [0.2, 0.25) is 0 Å². The van der Waals surface area contributed by atoms with Crippen LogP contribution in [0.1, 0.15) is 56.9 Å². The smallest absolute Gasteiger partial charge is 0.260 e. The summed E-state index contributed by atoms with van der Waals surface area (Å²) >= 11 is 0. The number of fused-ring (bicyclic) bond motifs is 9. The molecule has 8 nitrogen and oxygen atoms in total. The number of likely N-dealkylation sites (tertiary alicyclic amines) is 1. The van der Waals surface area contributed by atoms with Gasteiger partial charge in [-0.05, 0) is 36.6 Å². The van der Waals surface area contributed by atoms with Crippen molar-refractivity contribution < 1.29 is 14.4 Å². The maximum absolute atomic E-state index is 13.6. The number of carbonyl (C=O) groups is 3. The molecule has 3 unspecified atom stereocenters. The summed E-state index contributed by atoms with van der Waals surface area (Å²) in [6.07, 6.45) is 0.596. The van der Waals surface area contributed by atoms with Gasteiger partial charge in [-0.15, -0.1) is 0 Å². The van der Waals surface area contributed by atoms with E-state index in [9.17, 15) is 19.2 Å². The average molecular weight is 495 g/mol. The Kier molecular flexibility index (Phi) is 4.86. The highest BCUT2D eigenvalue weighted by Gasteiger charge is 2.47. The number of rotatable bonds is 3. The lowest BCUT2D eigenvalue weighted by Gasteiger charge is -2.43. The number of piperidine rings is 1. The van der Waals surface area contributed by atoms with Gasteiger partial charge in [0.25, 0.3) is 17.4 Å². The standard InChI is InChI=1S/C29H26N4O4/c34-25(30-15-18-14-19(17-30)23-10-5-11-26(35)32(23)16-18)12-13-31-27-20-6-1-2-7-21(20)29(37)33(27)24-9-4-3-8-22(24)28(31)36/h1-11,18-19,27H,12-17H2. The lowest BCUT2D eigenvalue weighted by Crippen LogP contribution is -2.51. The molecule has 2 bridgehead atoms. The summed E-state index contributed by atoms with van der Waals surface area (Å²) in [6.45, 7) is 2.04. The zero-order valence-electron chi connectivity index (χ0n) is 20.2. The van der Waals surface area contributed by atoms with E-state index in [-0.39, 0.29) is 48.1 Å². The van der Waals surface area contributed by atoms with Crippen molar-refractivity contribution in [1.29, 1.82) is 0 Å². The second-order valence-electron chi connectivity index (χ2n) is 10.4. The number of pyridine rings is 1.